The summed E-state index contributed by atoms with van der Waals surface area (Å²) < 4.78 is 5.35. The maximum absolute atomic E-state index is 12.4. The van der Waals surface area contributed by atoms with Gasteiger partial charge in [-0.1, -0.05) is 30.3 Å². The Morgan fingerprint density at radius 3 is 2.52 bits per heavy atom. The lowest BCUT2D eigenvalue weighted by atomic mass is 9.82. The summed E-state index contributed by atoms with van der Waals surface area (Å²) in [6.45, 7) is 5.86. The van der Waals surface area contributed by atoms with E-state index in [-0.39, 0.29) is 12.5 Å². The molecule has 0 spiro atoms. The van der Waals surface area contributed by atoms with E-state index in [1.165, 1.54) is 0 Å². The molecule has 1 aliphatic heterocycles. The predicted molar refractivity (Wildman–Crippen MR) is 105 cm³/mol. The molecule has 1 aromatic carbocycles. The van der Waals surface area contributed by atoms with Gasteiger partial charge in [0.15, 0.2) is 0 Å². The molecule has 29 heavy (non-hydrogen) atoms. The molecule has 10 heteroatoms. The van der Waals surface area contributed by atoms with Crippen molar-refractivity contribution in [3.05, 3.63) is 41.9 Å². The Kier molecular flexibility index (Phi) is 7.40. The number of benzene rings is 1. The third-order valence-electron chi connectivity index (χ3n) is 4.43. The normalized spacial score (nSPS) is 20.0. The molecule has 0 aromatic heterocycles. The fourth-order valence-corrected chi connectivity index (χ4v) is 3.27. The first-order chi connectivity index (χ1) is 13.6. The Balaban J connectivity index is 2.29. The molecule has 0 aliphatic carbocycles. The summed E-state index contributed by atoms with van der Waals surface area (Å²) in [4.78, 5) is 34.9. The van der Waals surface area contributed by atoms with Crippen LogP contribution in [0, 0.1) is 12.0 Å². The molecule has 1 heterocycles. The van der Waals surface area contributed by atoms with Gasteiger partial charge in [0, 0.05) is 19.0 Å². The first-order valence-corrected chi connectivity index (χ1v) is 9.26. The fraction of sp³-hybridized carbons (Fsp3) is 0.474. The Morgan fingerprint density at radius 2 is 1.97 bits per heavy atom. The predicted octanol–water partition coefficient (Wildman–Crippen LogP) is 1.30. The van der Waals surface area contributed by atoms with Crippen LogP contribution < -0.4 is 16.5 Å². The molecule has 0 saturated carbocycles. The van der Waals surface area contributed by atoms with Crippen molar-refractivity contribution in [3.63, 3.8) is 0 Å². The second-order valence-corrected chi connectivity index (χ2v) is 7.76. The number of ether oxygens (including phenoxy) is 1. The highest BCUT2D eigenvalue weighted by molar-refractivity contribution is 5.69. The quantitative estimate of drug-likeness (QED) is 0.242. The van der Waals surface area contributed by atoms with Crippen LogP contribution in [0.4, 0.5) is 9.59 Å². The zero-order chi connectivity index (χ0) is 21.6. The zero-order valence-electron chi connectivity index (χ0n) is 16.8. The molecule has 10 nitrogen and oxygen atoms in total. The van der Waals surface area contributed by atoms with E-state index in [2.05, 4.69) is 10.6 Å². The highest BCUT2D eigenvalue weighted by Gasteiger charge is 2.39. The van der Waals surface area contributed by atoms with Crippen molar-refractivity contribution >= 4 is 18.6 Å². The fourth-order valence-electron chi connectivity index (χ4n) is 3.27. The van der Waals surface area contributed by atoms with E-state index < -0.39 is 23.8 Å². The lowest BCUT2D eigenvalue weighted by molar-refractivity contribution is -0.139. The number of hydrazine groups is 2. The van der Waals surface area contributed by atoms with Crippen molar-refractivity contribution in [3.8, 4) is 0 Å². The van der Waals surface area contributed by atoms with E-state index in [9.17, 15) is 19.5 Å². The van der Waals surface area contributed by atoms with Gasteiger partial charge in [0.05, 0.1) is 6.04 Å². The smallest absolute Gasteiger partial charge is 0.407 e. The summed E-state index contributed by atoms with van der Waals surface area (Å²) in [5, 5.41) is 17.1. The first-order valence-electron chi connectivity index (χ1n) is 9.26. The Hall–Kier alpha value is -2.85. The first kappa shape index (κ1) is 22.4. The van der Waals surface area contributed by atoms with E-state index in [0.29, 0.717) is 31.0 Å². The maximum atomic E-state index is 12.4. The van der Waals surface area contributed by atoms with Crippen molar-refractivity contribution in [1.82, 2.24) is 20.8 Å². The van der Waals surface area contributed by atoms with E-state index in [1.54, 1.807) is 50.0 Å². The molecule has 3 amide bonds. The molecule has 2 unspecified atom stereocenters. The van der Waals surface area contributed by atoms with Crippen LogP contribution in [0.2, 0.25) is 0 Å². The van der Waals surface area contributed by atoms with Gasteiger partial charge in [-0.2, -0.15) is 0 Å². The summed E-state index contributed by atoms with van der Waals surface area (Å²) in [6, 6.07) is 8.94. The van der Waals surface area contributed by atoms with E-state index in [4.69, 9.17) is 10.6 Å². The Morgan fingerprint density at radius 1 is 1.31 bits per heavy atom. The van der Waals surface area contributed by atoms with Crippen molar-refractivity contribution in [2.75, 3.05) is 13.1 Å². The molecule has 0 bridgehead atoms. The van der Waals surface area contributed by atoms with Crippen molar-refractivity contribution < 1.29 is 24.2 Å². The van der Waals surface area contributed by atoms with Crippen LogP contribution in [0.1, 0.15) is 32.8 Å². The molecule has 2 atom stereocenters. The van der Waals surface area contributed by atoms with Gasteiger partial charge in [-0.25, -0.2) is 25.6 Å². The molecule has 1 aliphatic rings. The van der Waals surface area contributed by atoms with Crippen LogP contribution >= 0.6 is 0 Å². The third kappa shape index (κ3) is 6.61. The van der Waals surface area contributed by atoms with E-state index >= 15 is 0 Å². The van der Waals surface area contributed by atoms with E-state index in [1.807, 2.05) is 6.07 Å². The van der Waals surface area contributed by atoms with Crippen LogP contribution in [-0.2, 0) is 9.53 Å². The van der Waals surface area contributed by atoms with Crippen LogP contribution in [0.15, 0.2) is 30.3 Å². The summed E-state index contributed by atoms with van der Waals surface area (Å²) in [7, 11) is 0. The average molecular weight is 406 g/mol. The molecular formula is C19H28N5O5. The summed E-state index contributed by atoms with van der Waals surface area (Å²) >= 11 is 0. The highest BCUT2D eigenvalue weighted by Crippen LogP contribution is 2.31. The average Bonchev–Trinajstić information content (AvgIpc) is 2.64. The van der Waals surface area contributed by atoms with Gasteiger partial charge in [0.1, 0.15) is 11.6 Å². The number of nitrogens with one attached hydrogen (secondary N) is 2. The third-order valence-corrected chi connectivity index (χ3v) is 4.43. The highest BCUT2D eigenvalue weighted by atomic mass is 16.6. The van der Waals surface area contributed by atoms with Gasteiger partial charge < -0.3 is 20.5 Å². The lowest BCUT2D eigenvalue weighted by Gasteiger charge is -2.43. The van der Waals surface area contributed by atoms with E-state index in [0.717, 1.165) is 5.12 Å². The van der Waals surface area contributed by atoms with Crippen molar-refractivity contribution in [2.45, 2.75) is 38.8 Å². The number of carboxylic acid groups (broad SMARTS) is 1. The molecule has 159 valence electrons. The molecule has 1 fully saturated rings. The van der Waals surface area contributed by atoms with Crippen molar-refractivity contribution in [2.24, 2.45) is 11.8 Å². The minimum Gasteiger partial charge on any atom is -0.465 e. The van der Waals surface area contributed by atoms with Gasteiger partial charge >= 0.3 is 12.2 Å². The van der Waals surface area contributed by atoms with Crippen molar-refractivity contribution in [1.29, 1.82) is 0 Å². The summed E-state index contributed by atoms with van der Waals surface area (Å²) in [6.07, 6.45) is -0.906. The molecule has 1 saturated heterocycles. The Labute approximate surface area is 169 Å². The number of nitrogens with zero attached hydrogens (tertiary/aromatic N) is 2. The van der Waals surface area contributed by atoms with Gasteiger partial charge in [-0.15, -0.1) is 0 Å². The van der Waals surface area contributed by atoms with Gasteiger partial charge in [-0.05, 0) is 32.8 Å². The minimum atomic E-state index is -1.20. The molecule has 5 N–H and O–H groups in total. The van der Waals surface area contributed by atoms with Crippen LogP contribution in [0.3, 0.4) is 0 Å². The number of carbonyl (C=O) groups excluding carboxylic acids is 2. The summed E-state index contributed by atoms with van der Waals surface area (Å²) in [5.41, 5.74) is 0.00592. The maximum Gasteiger partial charge on any atom is 0.407 e. The molecule has 2 rings (SSSR count). The number of nitrogens with two attached hydrogens (primary N) is 1. The number of hydrogen-bond donors (Lipinski definition) is 4. The largest absolute Gasteiger partial charge is 0.465 e. The monoisotopic (exact) mass is 406 g/mol. The van der Waals surface area contributed by atoms with Crippen LogP contribution in [0.25, 0.3) is 0 Å². The van der Waals surface area contributed by atoms with Gasteiger partial charge in [-0.3, -0.25) is 4.79 Å². The standard InChI is InChI=1S/C19H28N5O5/c1-19(2,3)29-18(28)21-15-11-23(24(20)12-25)10-9-14(15)16(22-17(26)27)13-7-5-4-6-8-13/h4-8,12,14-15,22H,9-11,20H2,1-3H3,(H,21,28)(H,26,27). The van der Waals surface area contributed by atoms with Crippen LogP contribution in [-0.4, -0.2) is 58.6 Å². The zero-order valence-corrected chi connectivity index (χ0v) is 16.8. The minimum absolute atomic E-state index is 0.205. The SMILES string of the molecule is CC(C)(C)OC(=O)NC1CN(N(N)C=O)CCC1[C](NC(=O)O)c1ccccc1. The molecular weight excluding hydrogens is 378 g/mol. The van der Waals surface area contributed by atoms with Gasteiger partial charge in [0.25, 0.3) is 0 Å². The second kappa shape index (κ2) is 9.57. The Bertz CT molecular complexity index is 709. The van der Waals surface area contributed by atoms with Gasteiger partial charge in [0.2, 0.25) is 6.41 Å². The summed E-state index contributed by atoms with van der Waals surface area (Å²) in [5.74, 6) is 5.32. The topological polar surface area (TPSA) is 137 Å². The number of hydrogen-bond acceptors (Lipinski definition) is 6. The van der Waals surface area contributed by atoms with Crippen LogP contribution in [0.5, 0.6) is 0 Å². The lowest BCUT2D eigenvalue weighted by Crippen LogP contribution is -2.61. The number of carbonyl (C=O) groups is 3. The molecule has 1 radical (unpaired) electrons. The number of piperidine rings is 1. The number of rotatable bonds is 6. The second-order valence-electron chi connectivity index (χ2n) is 7.76. The molecule has 1 aromatic rings. The number of amides is 3. The number of alkyl carbamates (subject to hydrolysis) is 1.